The molecule has 1 aliphatic rings. The summed E-state index contributed by atoms with van der Waals surface area (Å²) in [4.78, 5) is 4.71. The van der Waals surface area contributed by atoms with Crippen LogP contribution in [-0.2, 0) is 6.54 Å². The third kappa shape index (κ3) is 5.25. The molecular formula is C18H27N3. The zero-order chi connectivity index (χ0) is 15.1. The van der Waals surface area contributed by atoms with Gasteiger partial charge in [-0.05, 0) is 31.7 Å². The van der Waals surface area contributed by atoms with E-state index in [-0.39, 0.29) is 0 Å². The van der Waals surface area contributed by atoms with Crippen LogP contribution in [0, 0.1) is 6.92 Å². The molecule has 0 amide bonds. The van der Waals surface area contributed by atoms with Crippen molar-refractivity contribution in [2.75, 3.05) is 6.54 Å². The smallest absolute Gasteiger partial charge is 0.191 e. The molecule has 1 fully saturated rings. The number of aryl methyl sites for hydroxylation is 1. The first-order valence-electron chi connectivity index (χ1n) is 7.94. The first-order chi connectivity index (χ1) is 10.2. The number of rotatable bonds is 6. The summed E-state index contributed by atoms with van der Waals surface area (Å²) in [5, 5.41) is 6.93. The topological polar surface area (TPSA) is 36.4 Å². The Morgan fingerprint density at radius 3 is 2.62 bits per heavy atom. The van der Waals surface area contributed by atoms with E-state index < -0.39 is 0 Å². The largest absolute Gasteiger partial charge is 0.356 e. The molecule has 0 saturated heterocycles. The van der Waals surface area contributed by atoms with Crippen LogP contribution in [0.2, 0.25) is 0 Å². The van der Waals surface area contributed by atoms with Gasteiger partial charge in [-0.25, -0.2) is 4.99 Å². The summed E-state index contributed by atoms with van der Waals surface area (Å²) in [6.07, 6.45) is 4.50. The lowest BCUT2D eigenvalue weighted by atomic mass is 9.88. The normalized spacial score (nSPS) is 15.7. The van der Waals surface area contributed by atoms with Crippen LogP contribution >= 0.6 is 0 Å². The Balaban J connectivity index is 1.90. The van der Waals surface area contributed by atoms with Gasteiger partial charge in [0.25, 0.3) is 0 Å². The Labute approximate surface area is 128 Å². The van der Waals surface area contributed by atoms with Crippen molar-refractivity contribution in [3.05, 3.63) is 47.5 Å². The molecule has 1 aromatic carbocycles. The highest BCUT2D eigenvalue weighted by molar-refractivity contribution is 5.80. The van der Waals surface area contributed by atoms with E-state index in [1.165, 1.54) is 29.5 Å². The van der Waals surface area contributed by atoms with E-state index >= 15 is 0 Å². The summed E-state index contributed by atoms with van der Waals surface area (Å²) in [5.41, 5.74) is 3.87. The van der Waals surface area contributed by atoms with Gasteiger partial charge in [0.15, 0.2) is 5.96 Å². The van der Waals surface area contributed by atoms with Crippen LogP contribution in [0.1, 0.15) is 43.7 Å². The second kappa shape index (κ2) is 7.87. The molecule has 0 aliphatic heterocycles. The van der Waals surface area contributed by atoms with Gasteiger partial charge in [0, 0.05) is 12.6 Å². The lowest BCUT2D eigenvalue weighted by Gasteiger charge is -2.30. The zero-order valence-electron chi connectivity index (χ0n) is 13.3. The number of guanidine groups is 1. The van der Waals surface area contributed by atoms with Crippen LogP contribution in [0.15, 0.2) is 41.4 Å². The molecule has 0 unspecified atom stereocenters. The maximum Gasteiger partial charge on any atom is 0.191 e. The van der Waals surface area contributed by atoms with Gasteiger partial charge in [-0.2, -0.15) is 0 Å². The molecule has 0 radical (unpaired) electrons. The monoisotopic (exact) mass is 285 g/mol. The number of nitrogens with one attached hydrogen (secondary N) is 2. The van der Waals surface area contributed by atoms with Crippen LogP contribution in [0.5, 0.6) is 0 Å². The van der Waals surface area contributed by atoms with E-state index in [0.717, 1.165) is 31.9 Å². The first kappa shape index (κ1) is 15.6. The van der Waals surface area contributed by atoms with E-state index in [1.807, 2.05) is 0 Å². The number of aliphatic imine (C=N–C) groups is 1. The molecule has 1 saturated carbocycles. The highest BCUT2D eigenvalue weighted by atomic mass is 15.2. The molecule has 0 bridgehead atoms. The van der Waals surface area contributed by atoms with Gasteiger partial charge in [-0.15, -0.1) is 0 Å². The fraction of sp³-hybridized carbons (Fsp3) is 0.500. The van der Waals surface area contributed by atoms with Crippen LogP contribution in [0.4, 0.5) is 0 Å². The molecule has 21 heavy (non-hydrogen) atoms. The zero-order valence-corrected chi connectivity index (χ0v) is 13.3. The highest BCUT2D eigenvalue weighted by Gasteiger charge is 2.21. The Bertz CT molecular complexity index is 480. The SMILES string of the molecule is C=C1CC(NC(=NCc2ccc(C)cc2)NCCCC)C1. The molecular weight excluding hydrogens is 258 g/mol. The van der Waals surface area contributed by atoms with Gasteiger partial charge in [-0.1, -0.05) is 55.3 Å². The van der Waals surface area contributed by atoms with Gasteiger partial charge in [0.05, 0.1) is 6.54 Å². The van der Waals surface area contributed by atoms with Crippen LogP contribution in [0.3, 0.4) is 0 Å². The van der Waals surface area contributed by atoms with Crippen molar-refractivity contribution < 1.29 is 0 Å². The average molecular weight is 285 g/mol. The maximum absolute atomic E-state index is 4.71. The average Bonchev–Trinajstić information content (AvgIpc) is 2.44. The van der Waals surface area contributed by atoms with E-state index in [2.05, 4.69) is 55.3 Å². The summed E-state index contributed by atoms with van der Waals surface area (Å²) >= 11 is 0. The molecule has 3 nitrogen and oxygen atoms in total. The van der Waals surface area contributed by atoms with Gasteiger partial charge in [-0.3, -0.25) is 0 Å². The number of hydrogen-bond acceptors (Lipinski definition) is 1. The standard InChI is InChI=1S/C18H27N3/c1-4-5-10-19-18(21-17-11-15(3)12-17)20-13-16-8-6-14(2)7-9-16/h6-9,17H,3-5,10-13H2,1-2H3,(H2,19,20,21). The minimum atomic E-state index is 0.503. The summed E-state index contributed by atoms with van der Waals surface area (Å²) in [7, 11) is 0. The molecule has 114 valence electrons. The molecule has 1 aliphatic carbocycles. The summed E-state index contributed by atoms with van der Waals surface area (Å²) in [6, 6.07) is 9.07. The van der Waals surface area contributed by atoms with Gasteiger partial charge in [0.2, 0.25) is 0 Å². The van der Waals surface area contributed by atoms with Crippen molar-refractivity contribution in [2.24, 2.45) is 4.99 Å². The lowest BCUT2D eigenvalue weighted by Crippen LogP contribution is -2.47. The Morgan fingerprint density at radius 1 is 1.29 bits per heavy atom. The third-order valence-corrected chi connectivity index (χ3v) is 3.77. The third-order valence-electron chi connectivity index (χ3n) is 3.77. The van der Waals surface area contributed by atoms with E-state index in [0.29, 0.717) is 6.04 Å². The minimum Gasteiger partial charge on any atom is -0.356 e. The van der Waals surface area contributed by atoms with E-state index in [4.69, 9.17) is 4.99 Å². The molecule has 2 N–H and O–H groups in total. The van der Waals surface area contributed by atoms with E-state index in [1.54, 1.807) is 0 Å². The van der Waals surface area contributed by atoms with Crippen molar-refractivity contribution in [1.82, 2.24) is 10.6 Å². The van der Waals surface area contributed by atoms with Crippen LogP contribution in [0.25, 0.3) is 0 Å². The van der Waals surface area contributed by atoms with Crippen molar-refractivity contribution in [1.29, 1.82) is 0 Å². The second-order valence-corrected chi connectivity index (χ2v) is 5.93. The molecule has 3 heteroatoms. The molecule has 0 aromatic heterocycles. The number of unbranched alkanes of at least 4 members (excludes halogenated alkanes) is 1. The molecule has 0 heterocycles. The van der Waals surface area contributed by atoms with Gasteiger partial charge < -0.3 is 10.6 Å². The molecule has 2 rings (SSSR count). The van der Waals surface area contributed by atoms with Gasteiger partial charge >= 0.3 is 0 Å². The lowest BCUT2D eigenvalue weighted by molar-refractivity contribution is 0.487. The fourth-order valence-corrected chi connectivity index (χ4v) is 2.33. The van der Waals surface area contributed by atoms with Crippen LogP contribution in [-0.4, -0.2) is 18.5 Å². The summed E-state index contributed by atoms with van der Waals surface area (Å²) < 4.78 is 0. The van der Waals surface area contributed by atoms with Gasteiger partial charge in [0.1, 0.15) is 0 Å². The Hall–Kier alpha value is -1.77. The predicted molar refractivity (Wildman–Crippen MR) is 90.5 cm³/mol. The van der Waals surface area contributed by atoms with E-state index in [9.17, 15) is 0 Å². The number of benzene rings is 1. The molecule has 0 spiro atoms. The Kier molecular flexibility index (Phi) is 5.85. The first-order valence-corrected chi connectivity index (χ1v) is 7.94. The second-order valence-electron chi connectivity index (χ2n) is 5.93. The quantitative estimate of drug-likeness (QED) is 0.363. The van der Waals surface area contributed by atoms with Crippen molar-refractivity contribution >= 4 is 5.96 Å². The number of hydrogen-bond donors (Lipinski definition) is 2. The highest BCUT2D eigenvalue weighted by Crippen LogP contribution is 2.23. The Morgan fingerprint density at radius 2 is 2.00 bits per heavy atom. The minimum absolute atomic E-state index is 0.503. The molecule has 0 atom stereocenters. The predicted octanol–water partition coefficient (Wildman–Crippen LogP) is 3.55. The van der Waals surface area contributed by atoms with Crippen LogP contribution < -0.4 is 10.6 Å². The van der Waals surface area contributed by atoms with Crippen molar-refractivity contribution in [3.63, 3.8) is 0 Å². The van der Waals surface area contributed by atoms with Crippen molar-refractivity contribution in [2.45, 2.75) is 52.1 Å². The summed E-state index contributed by atoms with van der Waals surface area (Å²) in [6.45, 7) is 10.00. The maximum atomic E-state index is 4.71. The van der Waals surface area contributed by atoms with Crippen molar-refractivity contribution in [3.8, 4) is 0 Å². The molecule has 1 aromatic rings. The summed E-state index contributed by atoms with van der Waals surface area (Å²) in [5.74, 6) is 0.932. The number of nitrogens with zero attached hydrogens (tertiary/aromatic N) is 1. The fourth-order valence-electron chi connectivity index (χ4n) is 2.33.